The molecule has 1 heterocycles. The zero-order valence-corrected chi connectivity index (χ0v) is 15.0. The van der Waals surface area contributed by atoms with Gasteiger partial charge < -0.3 is 15.0 Å². The summed E-state index contributed by atoms with van der Waals surface area (Å²) < 4.78 is 28.8. The van der Waals surface area contributed by atoms with Crippen molar-refractivity contribution in [1.29, 1.82) is 0 Å². The van der Waals surface area contributed by atoms with Gasteiger partial charge >= 0.3 is 6.61 Å². The first-order valence-electron chi connectivity index (χ1n) is 8.01. The zero-order chi connectivity index (χ0) is 18.6. The minimum atomic E-state index is -2.83. The molecule has 1 atom stereocenters. The van der Waals surface area contributed by atoms with E-state index in [-0.39, 0.29) is 17.7 Å². The van der Waals surface area contributed by atoms with Gasteiger partial charge in [0, 0.05) is 20.0 Å². The highest BCUT2D eigenvalue weighted by Crippen LogP contribution is 2.22. The van der Waals surface area contributed by atoms with Gasteiger partial charge in [-0.15, -0.1) is 0 Å². The van der Waals surface area contributed by atoms with Crippen molar-refractivity contribution in [2.24, 2.45) is 0 Å². The molecule has 0 bridgehead atoms. The first-order chi connectivity index (χ1) is 11.8. The Morgan fingerprint density at radius 1 is 1.00 bits per heavy atom. The molecule has 0 aliphatic heterocycles. The maximum Gasteiger partial charge on any atom is 0.387 e. The van der Waals surface area contributed by atoms with Crippen LogP contribution in [0.4, 0.5) is 20.7 Å². The largest absolute Gasteiger partial charge is 0.435 e. The highest BCUT2D eigenvalue weighted by Gasteiger charge is 2.14. The van der Waals surface area contributed by atoms with E-state index in [0.717, 1.165) is 5.56 Å². The van der Waals surface area contributed by atoms with Gasteiger partial charge in [-0.05, 0) is 24.6 Å². The number of nitrogens with one attached hydrogen (secondary N) is 1. The number of benzene rings is 1. The lowest BCUT2D eigenvalue weighted by molar-refractivity contribution is -0.0498. The molecule has 8 heteroatoms. The molecule has 0 spiro atoms. The van der Waals surface area contributed by atoms with E-state index in [1.165, 1.54) is 12.1 Å². The lowest BCUT2D eigenvalue weighted by Crippen LogP contribution is -2.18. The summed E-state index contributed by atoms with van der Waals surface area (Å²) in [7, 11) is 3.74. The first kappa shape index (κ1) is 18.8. The second-order valence-corrected chi connectivity index (χ2v) is 6.18. The second kappa shape index (κ2) is 8.04. The molecule has 1 N–H and O–H groups in total. The monoisotopic (exact) mass is 351 g/mol. The minimum absolute atomic E-state index is 0.113. The lowest BCUT2D eigenvalue weighted by atomic mass is 10.1. The summed E-state index contributed by atoms with van der Waals surface area (Å²) in [6.07, 6.45) is 0. The van der Waals surface area contributed by atoms with Gasteiger partial charge in [0.2, 0.25) is 11.9 Å². The lowest BCUT2D eigenvalue weighted by Gasteiger charge is -2.18. The van der Waals surface area contributed by atoms with Crippen molar-refractivity contribution in [3.05, 3.63) is 35.7 Å². The molecule has 0 aliphatic carbocycles. The summed E-state index contributed by atoms with van der Waals surface area (Å²) in [6, 6.07) is 6.37. The predicted octanol–water partition coefficient (Wildman–Crippen LogP) is 3.84. The average Bonchev–Trinajstić information content (AvgIpc) is 2.54. The molecule has 0 aliphatic rings. The Balaban J connectivity index is 2.17. The van der Waals surface area contributed by atoms with Crippen molar-refractivity contribution in [2.75, 3.05) is 24.3 Å². The van der Waals surface area contributed by atoms with Crippen LogP contribution >= 0.6 is 0 Å². The van der Waals surface area contributed by atoms with Crippen LogP contribution in [0.3, 0.4) is 0 Å². The minimum Gasteiger partial charge on any atom is -0.435 e. The third kappa shape index (κ3) is 5.23. The standard InChI is InChI=1S/C17H23F2N5O/c1-10(2)14-21-16(23-17(22-14)24(4)5)20-11(3)12-6-8-13(9-7-12)25-15(18)19/h6-11,15H,1-5H3,(H,20,21,22,23). The molecule has 0 radical (unpaired) electrons. The highest BCUT2D eigenvalue weighted by atomic mass is 19.3. The molecule has 6 nitrogen and oxygen atoms in total. The Morgan fingerprint density at radius 3 is 2.16 bits per heavy atom. The van der Waals surface area contributed by atoms with Gasteiger partial charge in [0.25, 0.3) is 0 Å². The summed E-state index contributed by atoms with van der Waals surface area (Å²) >= 11 is 0. The van der Waals surface area contributed by atoms with E-state index >= 15 is 0 Å². The molecule has 0 saturated heterocycles. The van der Waals surface area contributed by atoms with Crippen LogP contribution in [0.1, 0.15) is 44.1 Å². The van der Waals surface area contributed by atoms with Crippen LogP contribution in [0.15, 0.2) is 24.3 Å². The third-order valence-corrected chi connectivity index (χ3v) is 3.51. The number of halogens is 2. The number of rotatable bonds is 7. The number of hydrogen-bond donors (Lipinski definition) is 1. The van der Waals surface area contributed by atoms with Crippen LogP contribution in [0, 0.1) is 0 Å². The first-order valence-corrected chi connectivity index (χ1v) is 8.01. The molecule has 0 saturated carbocycles. The Kier molecular flexibility index (Phi) is 6.06. The average molecular weight is 351 g/mol. The molecular weight excluding hydrogens is 328 g/mol. The Bertz CT molecular complexity index is 666. The van der Waals surface area contributed by atoms with Crippen molar-refractivity contribution in [1.82, 2.24) is 15.0 Å². The van der Waals surface area contributed by atoms with E-state index in [2.05, 4.69) is 25.0 Å². The van der Waals surface area contributed by atoms with Gasteiger partial charge in [0.05, 0.1) is 6.04 Å². The molecule has 2 aromatic rings. The number of ether oxygens (including phenoxy) is 1. The van der Waals surface area contributed by atoms with E-state index in [9.17, 15) is 8.78 Å². The highest BCUT2D eigenvalue weighted by molar-refractivity contribution is 5.39. The second-order valence-electron chi connectivity index (χ2n) is 6.18. The van der Waals surface area contributed by atoms with Gasteiger partial charge in [0.15, 0.2) is 0 Å². The van der Waals surface area contributed by atoms with Crippen molar-refractivity contribution in [3.8, 4) is 5.75 Å². The van der Waals surface area contributed by atoms with Crippen LogP contribution in [0.2, 0.25) is 0 Å². The van der Waals surface area contributed by atoms with Crippen molar-refractivity contribution in [2.45, 2.75) is 39.3 Å². The van der Waals surface area contributed by atoms with Crippen LogP contribution in [0.25, 0.3) is 0 Å². The summed E-state index contributed by atoms with van der Waals surface area (Å²) in [6.45, 7) is 3.15. The summed E-state index contributed by atoms with van der Waals surface area (Å²) in [5.41, 5.74) is 0.902. The van der Waals surface area contributed by atoms with Crippen LogP contribution in [-0.4, -0.2) is 35.7 Å². The Morgan fingerprint density at radius 2 is 1.64 bits per heavy atom. The molecule has 2 rings (SSSR count). The van der Waals surface area contributed by atoms with E-state index in [1.807, 2.05) is 39.8 Å². The van der Waals surface area contributed by atoms with Crippen molar-refractivity contribution in [3.63, 3.8) is 0 Å². The fraction of sp³-hybridized carbons (Fsp3) is 0.471. The topological polar surface area (TPSA) is 63.2 Å². The van der Waals surface area contributed by atoms with E-state index in [0.29, 0.717) is 17.7 Å². The Hall–Kier alpha value is -2.51. The van der Waals surface area contributed by atoms with Crippen molar-refractivity contribution >= 4 is 11.9 Å². The number of hydrogen-bond acceptors (Lipinski definition) is 6. The number of nitrogens with zero attached hydrogens (tertiary/aromatic N) is 4. The van der Waals surface area contributed by atoms with Gasteiger partial charge in [-0.2, -0.15) is 23.7 Å². The fourth-order valence-electron chi connectivity index (χ4n) is 2.12. The maximum atomic E-state index is 12.2. The van der Waals surface area contributed by atoms with Crippen LogP contribution in [0.5, 0.6) is 5.75 Å². The molecule has 1 aromatic carbocycles. The quantitative estimate of drug-likeness (QED) is 0.818. The molecule has 25 heavy (non-hydrogen) atoms. The smallest absolute Gasteiger partial charge is 0.387 e. The Labute approximate surface area is 146 Å². The van der Waals surface area contributed by atoms with Crippen molar-refractivity contribution < 1.29 is 13.5 Å². The van der Waals surface area contributed by atoms with Gasteiger partial charge in [-0.1, -0.05) is 26.0 Å². The summed E-state index contributed by atoms with van der Waals surface area (Å²) in [5, 5.41) is 3.23. The number of alkyl halides is 2. The molecular formula is C17H23F2N5O. The summed E-state index contributed by atoms with van der Waals surface area (Å²) in [5.74, 6) is 2.05. The maximum absolute atomic E-state index is 12.2. The van der Waals surface area contributed by atoms with Gasteiger partial charge in [0.1, 0.15) is 11.6 Å². The number of aromatic nitrogens is 3. The van der Waals surface area contributed by atoms with E-state index in [4.69, 9.17) is 0 Å². The molecule has 0 amide bonds. The van der Waals surface area contributed by atoms with Gasteiger partial charge in [-0.3, -0.25) is 0 Å². The normalized spacial score (nSPS) is 12.4. The third-order valence-electron chi connectivity index (χ3n) is 3.51. The van der Waals surface area contributed by atoms with Gasteiger partial charge in [-0.25, -0.2) is 0 Å². The van der Waals surface area contributed by atoms with E-state index < -0.39 is 6.61 Å². The number of anilines is 2. The molecule has 1 aromatic heterocycles. The zero-order valence-electron chi connectivity index (χ0n) is 15.0. The SMILES string of the molecule is CC(C)c1nc(NC(C)c2ccc(OC(F)F)cc2)nc(N(C)C)n1. The molecule has 0 fully saturated rings. The van der Waals surface area contributed by atoms with E-state index in [1.54, 1.807) is 12.1 Å². The molecule has 136 valence electrons. The van der Waals surface area contributed by atoms with Crippen LogP contribution < -0.4 is 15.0 Å². The molecule has 1 unspecified atom stereocenters. The predicted molar refractivity (Wildman–Crippen MR) is 93.4 cm³/mol. The summed E-state index contributed by atoms with van der Waals surface area (Å²) in [4.78, 5) is 15.1. The van der Waals surface area contributed by atoms with Crippen LogP contribution in [-0.2, 0) is 0 Å². The fourth-order valence-corrected chi connectivity index (χ4v) is 2.12.